The van der Waals surface area contributed by atoms with Crippen LogP contribution in [0.3, 0.4) is 0 Å². The third kappa shape index (κ3) is 2.07. The molecule has 2 aliphatic rings. The molecule has 0 aromatic rings. The van der Waals surface area contributed by atoms with Gasteiger partial charge in [0, 0.05) is 0 Å². The van der Waals surface area contributed by atoms with Crippen molar-refractivity contribution in [2.75, 3.05) is 0 Å². The summed E-state index contributed by atoms with van der Waals surface area (Å²) in [6, 6.07) is 0. The smallest absolute Gasteiger partial charge is 0.0800 e. The zero-order valence-corrected chi connectivity index (χ0v) is 11.2. The van der Waals surface area contributed by atoms with Crippen LogP contribution in [0.15, 0.2) is 11.6 Å². The maximum Gasteiger partial charge on any atom is 0.0800 e. The SMILES string of the molecule is C[C@@H]1CCC[C@@]2(C)CCC(C(C)(C)O)=CC12. The molecule has 1 heteroatoms. The zero-order chi connectivity index (χ0) is 12.0. The highest BCUT2D eigenvalue weighted by Gasteiger charge is 2.42. The molecule has 2 rings (SSSR count). The molecule has 0 bridgehead atoms. The first-order valence-corrected chi connectivity index (χ1v) is 6.76. The van der Waals surface area contributed by atoms with Gasteiger partial charge in [-0.3, -0.25) is 0 Å². The van der Waals surface area contributed by atoms with Crippen molar-refractivity contribution in [3.8, 4) is 0 Å². The van der Waals surface area contributed by atoms with Gasteiger partial charge in [-0.2, -0.15) is 0 Å². The number of hydrogen-bond donors (Lipinski definition) is 1. The second-order valence-electron chi connectivity index (χ2n) is 6.80. The van der Waals surface area contributed by atoms with Crippen molar-refractivity contribution in [2.24, 2.45) is 17.3 Å². The van der Waals surface area contributed by atoms with Crippen LogP contribution in [0.1, 0.15) is 59.8 Å². The van der Waals surface area contributed by atoms with E-state index in [-0.39, 0.29) is 0 Å². The quantitative estimate of drug-likeness (QED) is 0.667. The number of aliphatic hydroxyl groups is 1. The molecule has 0 heterocycles. The summed E-state index contributed by atoms with van der Waals surface area (Å²) in [5.41, 5.74) is 1.16. The monoisotopic (exact) mass is 222 g/mol. The number of hydrogen-bond acceptors (Lipinski definition) is 1. The highest BCUT2D eigenvalue weighted by atomic mass is 16.3. The van der Waals surface area contributed by atoms with Crippen molar-refractivity contribution in [3.63, 3.8) is 0 Å². The lowest BCUT2D eigenvalue weighted by Crippen LogP contribution is -2.39. The summed E-state index contributed by atoms with van der Waals surface area (Å²) in [6.07, 6.45) is 8.88. The van der Waals surface area contributed by atoms with Crippen LogP contribution in [0.5, 0.6) is 0 Å². The summed E-state index contributed by atoms with van der Waals surface area (Å²) in [5.74, 6) is 1.48. The van der Waals surface area contributed by atoms with Crippen LogP contribution in [0.25, 0.3) is 0 Å². The van der Waals surface area contributed by atoms with E-state index in [4.69, 9.17) is 0 Å². The lowest BCUT2D eigenvalue weighted by atomic mass is 9.57. The molecule has 0 aromatic heterocycles. The van der Waals surface area contributed by atoms with Crippen molar-refractivity contribution < 1.29 is 5.11 Å². The molecule has 0 radical (unpaired) electrons. The molecule has 0 amide bonds. The van der Waals surface area contributed by atoms with Gasteiger partial charge in [0.25, 0.3) is 0 Å². The molecule has 92 valence electrons. The van der Waals surface area contributed by atoms with E-state index in [0.717, 1.165) is 12.3 Å². The predicted octanol–water partition coefficient (Wildman–Crippen LogP) is 3.92. The minimum Gasteiger partial charge on any atom is -0.386 e. The van der Waals surface area contributed by atoms with Crippen LogP contribution < -0.4 is 0 Å². The van der Waals surface area contributed by atoms with E-state index in [1.807, 2.05) is 13.8 Å². The van der Waals surface area contributed by atoms with E-state index in [1.165, 1.54) is 31.3 Å². The van der Waals surface area contributed by atoms with Crippen molar-refractivity contribution in [3.05, 3.63) is 11.6 Å². The van der Waals surface area contributed by atoms with E-state index in [9.17, 15) is 5.11 Å². The van der Waals surface area contributed by atoms with Crippen molar-refractivity contribution in [1.82, 2.24) is 0 Å². The van der Waals surface area contributed by atoms with Crippen molar-refractivity contribution >= 4 is 0 Å². The highest BCUT2D eigenvalue weighted by Crippen LogP contribution is 2.52. The maximum absolute atomic E-state index is 10.1. The Morgan fingerprint density at radius 2 is 2.06 bits per heavy atom. The summed E-state index contributed by atoms with van der Waals surface area (Å²) in [4.78, 5) is 0. The molecule has 1 N–H and O–H groups in total. The second-order valence-corrected chi connectivity index (χ2v) is 6.80. The fourth-order valence-electron chi connectivity index (χ4n) is 3.75. The van der Waals surface area contributed by atoms with Crippen LogP contribution in [-0.2, 0) is 0 Å². The summed E-state index contributed by atoms with van der Waals surface area (Å²) < 4.78 is 0. The van der Waals surface area contributed by atoms with Gasteiger partial charge in [-0.05, 0) is 55.9 Å². The lowest BCUT2D eigenvalue weighted by Gasteiger charge is -2.48. The van der Waals surface area contributed by atoms with Gasteiger partial charge in [0.15, 0.2) is 0 Å². The minimum atomic E-state index is -0.613. The third-order valence-corrected chi connectivity index (χ3v) is 4.96. The first-order valence-electron chi connectivity index (χ1n) is 6.76. The normalized spacial score (nSPS) is 40.2. The average molecular weight is 222 g/mol. The molecular formula is C15H26O. The molecule has 3 atom stereocenters. The van der Waals surface area contributed by atoms with Crippen LogP contribution in [0.4, 0.5) is 0 Å². The van der Waals surface area contributed by atoms with Crippen LogP contribution in [-0.4, -0.2) is 10.7 Å². The molecule has 0 aliphatic heterocycles. The summed E-state index contributed by atoms with van der Waals surface area (Å²) in [5, 5.41) is 10.1. The maximum atomic E-state index is 10.1. The standard InChI is InChI=1S/C15H26O/c1-11-6-5-8-15(4)9-7-12(10-13(11)15)14(2,3)16/h10-11,13,16H,5-9H2,1-4H3/t11-,13?,15+/m1/s1. The lowest BCUT2D eigenvalue weighted by molar-refractivity contribution is 0.0604. The summed E-state index contributed by atoms with van der Waals surface area (Å²) >= 11 is 0. The van der Waals surface area contributed by atoms with E-state index in [1.54, 1.807) is 0 Å². The predicted molar refractivity (Wildman–Crippen MR) is 68.2 cm³/mol. The molecule has 2 aliphatic carbocycles. The molecule has 16 heavy (non-hydrogen) atoms. The van der Waals surface area contributed by atoms with E-state index in [2.05, 4.69) is 19.9 Å². The first-order chi connectivity index (χ1) is 7.33. The molecule has 0 aromatic carbocycles. The molecule has 1 fully saturated rings. The Morgan fingerprint density at radius 1 is 1.38 bits per heavy atom. The Labute approximate surface area is 99.9 Å². The average Bonchev–Trinajstić information content (AvgIpc) is 2.15. The Hall–Kier alpha value is -0.300. The highest BCUT2D eigenvalue weighted by molar-refractivity contribution is 5.21. The Kier molecular flexibility index (Phi) is 2.94. The fraction of sp³-hybridized carbons (Fsp3) is 0.867. The van der Waals surface area contributed by atoms with Gasteiger partial charge >= 0.3 is 0 Å². The molecule has 1 saturated carbocycles. The van der Waals surface area contributed by atoms with Gasteiger partial charge in [0.2, 0.25) is 0 Å². The fourth-order valence-corrected chi connectivity index (χ4v) is 3.75. The van der Waals surface area contributed by atoms with Gasteiger partial charge in [0.1, 0.15) is 0 Å². The van der Waals surface area contributed by atoms with Gasteiger partial charge in [0.05, 0.1) is 5.60 Å². The largest absolute Gasteiger partial charge is 0.386 e. The Morgan fingerprint density at radius 3 is 2.69 bits per heavy atom. The van der Waals surface area contributed by atoms with Gasteiger partial charge < -0.3 is 5.11 Å². The van der Waals surface area contributed by atoms with Crippen molar-refractivity contribution in [2.45, 2.75) is 65.4 Å². The van der Waals surface area contributed by atoms with E-state index in [0.29, 0.717) is 11.3 Å². The van der Waals surface area contributed by atoms with Gasteiger partial charge in [-0.25, -0.2) is 0 Å². The third-order valence-electron chi connectivity index (χ3n) is 4.96. The van der Waals surface area contributed by atoms with Crippen molar-refractivity contribution in [1.29, 1.82) is 0 Å². The summed E-state index contributed by atoms with van der Waals surface area (Å²) in [6.45, 7) is 8.68. The molecular weight excluding hydrogens is 196 g/mol. The van der Waals surface area contributed by atoms with E-state index >= 15 is 0 Å². The zero-order valence-electron chi connectivity index (χ0n) is 11.2. The first kappa shape index (κ1) is 12.2. The molecule has 1 unspecified atom stereocenters. The molecule has 1 nitrogen and oxygen atoms in total. The topological polar surface area (TPSA) is 20.2 Å². The Balaban J connectivity index is 2.28. The Bertz CT molecular complexity index is 297. The second kappa shape index (κ2) is 3.87. The van der Waals surface area contributed by atoms with Gasteiger partial charge in [-0.15, -0.1) is 0 Å². The van der Waals surface area contributed by atoms with Gasteiger partial charge in [-0.1, -0.05) is 32.8 Å². The molecule has 0 spiro atoms. The number of rotatable bonds is 1. The summed E-state index contributed by atoms with van der Waals surface area (Å²) in [7, 11) is 0. The van der Waals surface area contributed by atoms with Crippen LogP contribution >= 0.6 is 0 Å². The number of allylic oxidation sites excluding steroid dienone is 1. The van der Waals surface area contributed by atoms with E-state index < -0.39 is 5.60 Å². The number of fused-ring (bicyclic) bond motifs is 1. The van der Waals surface area contributed by atoms with Crippen LogP contribution in [0, 0.1) is 17.3 Å². The minimum absolute atomic E-state index is 0.506. The van der Waals surface area contributed by atoms with Crippen LogP contribution in [0.2, 0.25) is 0 Å². The molecule has 0 saturated heterocycles.